The molecule has 0 spiro atoms. The van der Waals surface area contributed by atoms with Gasteiger partial charge in [-0.05, 0) is 80.6 Å². The van der Waals surface area contributed by atoms with E-state index in [9.17, 15) is 4.79 Å². The summed E-state index contributed by atoms with van der Waals surface area (Å²) in [7, 11) is 0. The second kappa shape index (κ2) is 12.1. The number of rotatable bonds is 8. The van der Waals surface area contributed by atoms with Crippen LogP contribution in [0, 0.1) is 12.3 Å². The molecule has 2 aromatic carbocycles. The molecule has 3 aliphatic rings. The van der Waals surface area contributed by atoms with Crippen molar-refractivity contribution in [3.63, 3.8) is 0 Å². The second-order valence-corrected chi connectivity index (χ2v) is 11.5. The van der Waals surface area contributed by atoms with E-state index in [0.29, 0.717) is 39.3 Å². The summed E-state index contributed by atoms with van der Waals surface area (Å²) < 4.78 is 11.8. The van der Waals surface area contributed by atoms with Crippen molar-refractivity contribution in [3.05, 3.63) is 58.6 Å². The molecule has 1 atom stereocenters. The highest BCUT2D eigenvalue weighted by molar-refractivity contribution is 6.31. The summed E-state index contributed by atoms with van der Waals surface area (Å²) in [5.74, 6) is 1.03. The topological polar surface area (TPSA) is 45.2 Å². The predicted octanol–water partition coefficient (Wildman–Crippen LogP) is 5.16. The molecule has 3 saturated heterocycles. The highest BCUT2D eigenvalue weighted by atomic mass is 35.5. The first kappa shape index (κ1) is 26.3. The number of aryl methyl sites for hydroxylation is 1. The summed E-state index contributed by atoms with van der Waals surface area (Å²) in [6.45, 7) is 10.2. The number of carbonyl (C=O) groups is 1. The fourth-order valence-electron chi connectivity index (χ4n) is 5.99. The summed E-state index contributed by atoms with van der Waals surface area (Å²) in [5, 5.41) is 0.740. The van der Waals surface area contributed by atoms with Gasteiger partial charge in [0.25, 0.3) is 0 Å². The van der Waals surface area contributed by atoms with Crippen LogP contribution in [0.4, 0.5) is 5.69 Å². The lowest BCUT2D eigenvalue weighted by Gasteiger charge is -2.43. The van der Waals surface area contributed by atoms with Crippen molar-refractivity contribution in [1.29, 1.82) is 0 Å². The van der Waals surface area contributed by atoms with E-state index in [1.807, 2.05) is 30.0 Å². The number of morpholine rings is 1. The molecule has 0 radical (unpaired) electrons. The first-order chi connectivity index (χ1) is 18.0. The van der Waals surface area contributed by atoms with E-state index < -0.39 is 0 Å². The summed E-state index contributed by atoms with van der Waals surface area (Å²) in [6.07, 6.45) is 5.13. The Bertz CT molecular complexity index is 1050. The van der Waals surface area contributed by atoms with Gasteiger partial charge in [0.1, 0.15) is 5.75 Å². The van der Waals surface area contributed by atoms with Gasteiger partial charge in [0, 0.05) is 61.8 Å². The number of piperidine rings is 1. The number of benzene rings is 2. The molecule has 3 aliphatic heterocycles. The molecule has 3 heterocycles. The third-order valence-electron chi connectivity index (χ3n) is 8.12. The molecule has 0 aliphatic carbocycles. The summed E-state index contributed by atoms with van der Waals surface area (Å²) >= 11 is 6.23. The molecule has 0 bridgehead atoms. The van der Waals surface area contributed by atoms with Gasteiger partial charge >= 0.3 is 0 Å². The van der Waals surface area contributed by atoms with Crippen LogP contribution in [0.25, 0.3) is 0 Å². The maximum absolute atomic E-state index is 13.4. The van der Waals surface area contributed by atoms with Gasteiger partial charge in [0.2, 0.25) is 5.91 Å². The zero-order valence-corrected chi connectivity index (χ0v) is 22.8. The van der Waals surface area contributed by atoms with Crippen LogP contribution in [-0.2, 0) is 16.1 Å². The van der Waals surface area contributed by atoms with E-state index in [2.05, 4.69) is 34.1 Å². The smallest absolute Gasteiger partial charge is 0.223 e. The SMILES string of the molecule is Cc1cc(OC[C@@]2(CC(=O)N3CCOCC3)CCCN(Cc3ccc(N4CCCC4)cc3)C2)ccc1Cl. The molecule has 0 N–H and O–H groups in total. The van der Waals surface area contributed by atoms with Crippen LogP contribution in [0.5, 0.6) is 5.75 Å². The number of amides is 1. The van der Waals surface area contributed by atoms with Crippen LogP contribution in [-0.4, -0.2) is 74.8 Å². The Balaban J connectivity index is 1.28. The average Bonchev–Trinajstić information content (AvgIpc) is 3.46. The first-order valence-electron chi connectivity index (χ1n) is 13.8. The molecular weight excluding hydrogens is 486 g/mol. The van der Waals surface area contributed by atoms with Crippen molar-refractivity contribution >= 4 is 23.2 Å². The quantitative estimate of drug-likeness (QED) is 0.476. The zero-order valence-electron chi connectivity index (χ0n) is 22.1. The lowest BCUT2D eigenvalue weighted by atomic mass is 9.77. The van der Waals surface area contributed by atoms with Gasteiger partial charge in [-0.3, -0.25) is 9.69 Å². The number of anilines is 1. The summed E-state index contributed by atoms with van der Waals surface area (Å²) in [4.78, 5) is 20.3. The molecule has 6 nitrogen and oxygen atoms in total. The van der Waals surface area contributed by atoms with Gasteiger partial charge in [0.05, 0.1) is 19.8 Å². The van der Waals surface area contributed by atoms with Gasteiger partial charge in [-0.15, -0.1) is 0 Å². The van der Waals surface area contributed by atoms with Gasteiger partial charge < -0.3 is 19.3 Å². The minimum atomic E-state index is -0.226. The highest BCUT2D eigenvalue weighted by Crippen LogP contribution is 2.36. The first-order valence-corrected chi connectivity index (χ1v) is 14.2. The van der Waals surface area contributed by atoms with Crippen LogP contribution in [0.15, 0.2) is 42.5 Å². The van der Waals surface area contributed by atoms with Crippen molar-refractivity contribution in [3.8, 4) is 5.75 Å². The normalized spacial score (nSPS) is 22.9. The predicted molar refractivity (Wildman–Crippen MR) is 149 cm³/mol. The second-order valence-electron chi connectivity index (χ2n) is 11.0. The minimum absolute atomic E-state index is 0.219. The van der Waals surface area contributed by atoms with E-state index in [1.165, 1.54) is 24.1 Å². The maximum atomic E-state index is 13.4. The molecule has 0 aromatic heterocycles. The Morgan fingerprint density at radius 3 is 2.49 bits per heavy atom. The van der Waals surface area contributed by atoms with Crippen LogP contribution in [0.2, 0.25) is 5.02 Å². The highest BCUT2D eigenvalue weighted by Gasteiger charge is 2.39. The number of hydrogen-bond acceptors (Lipinski definition) is 5. The lowest BCUT2D eigenvalue weighted by Crippen LogP contribution is -2.50. The van der Waals surface area contributed by atoms with Gasteiger partial charge in [-0.2, -0.15) is 0 Å². The third kappa shape index (κ3) is 6.78. The van der Waals surface area contributed by atoms with Crippen LogP contribution in [0.1, 0.15) is 43.2 Å². The van der Waals surface area contributed by atoms with Crippen LogP contribution in [0.3, 0.4) is 0 Å². The molecular formula is C30H40ClN3O3. The average molecular weight is 526 g/mol. The molecule has 2 aromatic rings. The van der Waals surface area contributed by atoms with Gasteiger partial charge in [-0.25, -0.2) is 0 Å². The van der Waals surface area contributed by atoms with Gasteiger partial charge in [-0.1, -0.05) is 23.7 Å². The van der Waals surface area contributed by atoms with Crippen LogP contribution >= 0.6 is 11.6 Å². The Morgan fingerprint density at radius 2 is 1.76 bits per heavy atom. The standard InChI is InChI=1S/C30H40ClN3O3/c1-24-19-27(9-10-28(24)31)37-23-30(20-29(35)34-15-17-36-18-16-34)11-4-12-32(22-30)21-25-5-7-26(8-6-25)33-13-2-3-14-33/h5-10,19H,2-4,11-18,20-23H2,1H3/t30-/m1/s1. The zero-order chi connectivity index (χ0) is 25.7. The fourth-order valence-corrected chi connectivity index (χ4v) is 6.11. The van der Waals surface area contributed by atoms with Crippen molar-refractivity contribution < 1.29 is 14.3 Å². The molecule has 7 heteroatoms. The lowest BCUT2D eigenvalue weighted by molar-refractivity contribution is -0.139. The van der Waals surface area contributed by atoms with E-state index in [4.69, 9.17) is 21.1 Å². The molecule has 200 valence electrons. The third-order valence-corrected chi connectivity index (χ3v) is 8.54. The van der Waals surface area contributed by atoms with E-state index in [0.717, 1.165) is 61.9 Å². The number of ether oxygens (including phenoxy) is 2. The van der Waals surface area contributed by atoms with Crippen molar-refractivity contribution in [2.75, 3.05) is 64.0 Å². The Labute approximate surface area is 226 Å². The molecule has 3 fully saturated rings. The largest absolute Gasteiger partial charge is 0.493 e. The summed E-state index contributed by atoms with van der Waals surface area (Å²) in [5.41, 5.74) is 3.43. The van der Waals surface area contributed by atoms with E-state index >= 15 is 0 Å². The Kier molecular flexibility index (Phi) is 8.58. The number of carbonyl (C=O) groups excluding carboxylic acids is 1. The maximum Gasteiger partial charge on any atom is 0.223 e. The Hall–Kier alpha value is -2.28. The molecule has 0 saturated carbocycles. The molecule has 0 unspecified atom stereocenters. The van der Waals surface area contributed by atoms with E-state index in [1.54, 1.807) is 0 Å². The fraction of sp³-hybridized carbons (Fsp3) is 0.567. The van der Waals surface area contributed by atoms with Crippen molar-refractivity contribution in [2.24, 2.45) is 5.41 Å². The number of hydrogen-bond donors (Lipinski definition) is 0. The molecule has 1 amide bonds. The monoisotopic (exact) mass is 525 g/mol. The van der Waals surface area contributed by atoms with E-state index in [-0.39, 0.29) is 11.3 Å². The van der Waals surface area contributed by atoms with Crippen molar-refractivity contribution in [1.82, 2.24) is 9.80 Å². The molecule has 5 rings (SSSR count). The van der Waals surface area contributed by atoms with Crippen LogP contribution < -0.4 is 9.64 Å². The number of halogens is 1. The number of likely N-dealkylation sites (tertiary alicyclic amines) is 1. The van der Waals surface area contributed by atoms with Crippen molar-refractivity contribution in [2.45, 2.75) is 45.6 Å². The van der Waals surface area contributed by atoms with Gasteiger partial charge in [0.15, 0.2) is 0 Å². The molecule has 37 heavy (non-hydrogen) atoms. The number of nitrogens with zero attached hydrogens (tertiary/aromatic N) is 3. The Morgan fingerprint density at radius 1 is 1.00 bits per heavy atom. The summed E-state index contributed by atoms with van der Waals surface area (Å²) in [6, 6.07) is 14.9. The minimum Gasteiger partial charge on any atom is -0.493 e.